The normalized spacial score (nSPS) is 14.5. The number of nitrogens with zero attached hydrogens (tertiary/aromatic N) is 6. The van der Waals surface area contributed by atoms with Crippen molar-refractivity contribution in [2.24, 2.45) is 0 Å². The fourth-order valence-electron chi connectivity index (χ4n) is 5.18. The van der Waals surface area contributed by atoms with Gasteiger partial charge < -0.3 is 24.7 Å². The number of rotatable bonds is 10. The Labute approximate surface area is 253 Å². The third kappa shape index (κ3) is 6.16. The highest BCUT2D eigenvalue weighted by molar-refractivity contribution is 6.03. The number of amides is 2. The number of likely N-dealkylation sites (tertiary alicyclic amines) is 1. The van der Waals surface area contributed by atoms with Crippen molar-refractivity contribution in [2.45, 2.75) is 39.3 Å². The Hall–Kier alpha value is -5.46. The Morgan fingerprint density at radius 1 is 1.05 bits per heavy atom. The molecule has 3 N–H and O–H groups in total. The first-order valence-corrected chi connectivity index (χ1v) is 14.4. The predicted molar refractivity (Wildman–Crippen MR) is 164 cm³/mol. The molecule has 5 aromatic rings. The standard InChI is InChI=1S/C31H33N9O4/c1-4-26(41)39-16-14-22(18-39)34-28-27-25(13-15-32-29(27)40(38-28)17-20-5-9-23(43-3)10-6-20)44-24-11-7-21(8-12-24)30(42)35-31-33-19(2)36-37-31/h5-13,15,22H,4,14,16-18H2,1-3H3,(H,34,38)(H2,33,35,36,37,42)/t22-/m1/s1. The molecule has 2 aromatic carbocycles. The lowest BCUT2D eigenvalue weighted by Gasteiger charge is -2.16. The molecule has 0 spiro atoms. The summed E-state index contributed by atoms with van der Waals surface area (Å²) in [5.74, 6) is 3.22. The molecule has 0 radical (unpaired) electrons. The van der Waals surface area contributed by atoms with Gasteiger partial charge in [-0.05, 0) is 55.3 Å². The summed E-state index contributed by atoms with van der Waals surface area (Å²) in [5.41, 5.74) is 2.12. The molecule has 2 amide bonds. The van der Waals surface area contributed by atoms with Gasteiger partial charge in [0.1, 0.15) is 28.5 Å². The predicted octanol–water partition coefficient (Wildman–Crippen LogP) is 4.38. The Balaban J connectivity index is 1.28. The van der Waals surface area contributed by atoms with E-state index in [-0.39, 0.29) is 23.8 Å². The van der Waals surface area contributed by atoms with Crippen LogP contribution in [0.1, 0.15) is 41.5 Å². The maximum atomic E-state index is 12.7. The van der Waals surface area contributed by atoms with Gasteiger partial charge in [0.25, 0.3) is 5.91 Å². The van der Waals surface area contributed by atoms with Crippen LogP contribution in [0.4, 0.5) is 11.8 Å². The third-order valence-corrected chi connectivity index (χ3v) is 7.45. The first-order chi connectivity index (χ1) is 21.4. The summed E-state index contributed by atoms with van der Waals surface area (Å²) in [6.07, 6.45) is 2.98. The summed E-state index contributed by atoms with van der Waals surface area (Å²) >= 11 is 0. The number of H-pyrrole nitrogens is 1. The van der Waals surface area contributed by atoms with Gasteiger partial charge in [-0.1, -0.05) is 19.1 Å². The highest BCUT2D eigenvalue weighted by Gasteiger charge is 2.27. The molecular formula is C31H33N9O4. The van der Waals surface area contributed by atoms with Crippen molar-refractivity contribution in [3.63, 3.8) is 0 Å². The van der Waals surface area contributed by atoms with E-state index < -0.39 is 0 Å². The number of anilines is 2. The maximum absolute atomic E-state index is 12.7. The van der Waals surface area contributed by atoms with Crippen LogP contribution in [0.3, 0.4) is 0 Å². The summed E-state index contributed by atoms with van der Waals surface area (Å²) in [4.78, 5) is 34.4. The van der Waals surface area contributed by atoms with E-state index in [1.807, 2.05) is 40.8 Å². The van der Waals surface area contributed by atoms with Gasteiger partial charge in [-0.3, -0.25) is 14.9 Å². The lowest BCUT2D eigenvalue weighted by molar-refractivity contribution is -0.129. The molecule has 1 aliphatic rings. The summed E-state index contributed by atoms with van der Waals surface area (Å²) in [7, 11) is 1.64. The summed E-state index contributed by atoms with van der Waals surface area (Å²) in [6, 6.07) is 16.5. The number of methoxy groups -OCH3 is 1. The number of hydrogen-bond donors (Lipinski definition) is 3. The smallest absolute Gasteiger partial charge is 0.258 e. The quantitative estimate of drug-likeness (QED) is 0.214. The molecule has 13 nitrogen and oxygen atoms in total. The van der Waals surface area contributed by atoms with E-state index >= 15 is 0 Å². The zero-order valence-corrected chi connectivity index (χ0v) is 24.7. The molecule has 1 aliphatic heterocycles. The van der Waals surface area contributed by atoms with Gasteiger partial charge in [-0.25, -0.2) is 9.67 Å². The lowest BCUT2D eigenvalue weighted by Crippen LogP contribution is -2.31. The van der Waals surface area contributed by atoms with Crippen LogP contribution in [0, 0.1) is 6.92 Å². The molecule has 1 saturated heterocycles. The summed E-state index contributed by atoms with van der Waals surface area (Å²) in [6.45, 7) is 5.42. The van der Waals surface area contributed by atoms with Gasteiger partial charge in [-0.2, -0.15) is 5.10 Å². The molecule has 1 atom stereocenters. The summed E-state index contributed by atoms with van der Waals surface area (Å²) < 4.78 is 13.5. The summed E-state index contributed by atoms with van der Waals surface area (Å²) in [5, 5.41) is 19.6. The van der Waals surface area contributed by atoms with E-state index in [2.05, 4.69) is 30.8 Å². The molecule has 0 saturated carbocycles. The van der Waals surface area contributed by atoms with Crippen molar-refractivity contribution < 1.29 is 19.1 Å². The second kappa shape index (κ2) is 12.4. The van der Waals surface area contributed by atoms with E-state index in [0.717, 1.165) is 23.1 Å². The Morgan fingerprint density at radius 3 is 2.52 bits per heavy atom. The van der Waals surface area contributed by atoms with Gasteiger partial charge in [0, 0.05) is 43.4 Å². The van der Waals surface area contributed by atoms with Crippen LogP contribution in [0.2, 0.25) is 0 Å². The molecule has 0 unspecified atom stereocenters. The maximum Gasteiger partial charge on any atom is 0.258 e. The number of benzene rings is 2. The van der Waals surface area contributed by atoms with Crippen LogP contribution >= 0.6 is 0 Å². The molecular weight excluding hydrogens is 562 g/mol. The van der Waals surface area contributed by atoms with E-state index in [4.69, 9.17) is 14.6 Å². The third-order valence-electron chi connectivity index (χ3n) is 7.45. The molecule has 6 rings (SSSR count). The fraction of sp³-hybridized carbons (Fsp3) is 0.290. The van der Waals surface area contributed by atoms with Gasteiger partial charge in [0.2, 0.25) is 11.9 Å². The van der Waals surface area contributed by atoms with Crippen LogP contribution in [-0.2, 0) is 11.3 Å². The van der Waals surface area contributed by atoms with Crippen molar-refractivity contribution in [1.82, 2.24) is 34.8 Å². The average Bonchev–Trinajstić information content (AvgIpc) is 3.77. The number of aromatic amines is 1. The van der Waals surface area contributed by atoms with Gasteiger partial charge in [0.05, 0.1) is 13.7 Å². The molecule has 0 bridgehead atoms. The monoisotopic (exact) mass is 595 g/mol. The number of pyridine rings is 1. The number of carbonyl (C=O) groups excluding carboxylic acids is 2. The highest BCUT2D eigenvalue weighted by atomic mass is 16.5. The first kappa shape index (κ1) is 28.6. The molecule has 44 heavy (non-hydrogen) atoms. The Kier molecular flexibility index (Phi) is 8.08. The van der Waals surface area contributed by atoms with Crippen molar-refractivity contribution in [1.29, 1.82) is 0 Å². The molecule has 1 fully saturated rings. The zero-order chi connectivity index (χ0) is 30.6. The largest absolute Gasteiger partial charge is 0.497 e. The van der Waals surface area contributed by atoms with Crippen LogP contribution in [0.15, 0.2) is 60.8 Å². The Bertz CT molecular complexity index is 1780. The molecule has 226 valence electrons. The number of aromatic nitrogens is 6. The van der Waals surface area contributed by atoms with Gasteiger partial charge >= 0.3 is 0 Å². The average molecular weight is 596 g/mol. The molecule has 13 heteroatoms. The number of hydrogen-bond acceptors (Lipinski definition) is 9. The van der Waals surface area contributed by atoms with E-state index in [1.54, 1.807) is 50.6 Å². The fourth-order valence-corrected chi connectivity index (χ4v) is 5.18. The van der Waals surface area contributed by atoms with Crippen molar-refractivity contribution in [3.05, 3.63) is 77.7 Å². The minimum atomic E-state index is -0.322. The van der Waals surface area contributed by atoms with Crippen molar-refractivity contribution >= 4 is 34.6 Å². The second-order valence-electron chi connectivity index (χ2n) is 10.5. The number of aryl methyl sites for hydroxylation is 1. The van der Waals surface area contributed by atoms with Crippen LogP contribution in [-0.4, -0.2) is 72.9 Å². The van der Waals surface area contributed by atoms with Crippen molar-refractivity contribution in [3.8, 4) is 17.2 Å². The minimum absolute atomic E-state index is 0.0389. The molecule has 4 heterocycles. The second-order valence-corrected chi connectivity index (χ2v) is 10.5. The van der Waals surface area contributed by atoms with E-state index in [1.165, 1.54) is 0 Å². The first-order valence-electron chi connectivity index (χ1n) is 14.4. The van der Waals surface area contributed by atoms with Crippen LogP contribution in [0.5, 0.6) is 17.2 Å². The van der Waals surface area contributed by atoms with Gasteiger partial charge in [0.15, 0.2) is 11.5 Å². The Morgan fingerprint density at radius 2 is 1.82 bits per heavy atom. The zero-order valence-electron chi connectivity index (χ0n) is 24.7. The van der Waals surface area contributed by atoms with Gasteiger partial charge in [-0.15, -0.1) is 10.2 Å². The number of carbonyl (C=O) groups is 2. The van der Waals surface area contributed by atoms with E-state index in [9.17, 15) is 9.59 Å². The molecule has 3 aromatic heterocycles. The van der Waals surface area contributed by atoms with E-state index in [0.29, 0.717) is 60.4 Å². The number of ether oxygens (including phenoxy) is 2. The van der Waals surface area contributed by atoms with Crippen molar-refractivity contribution in [2.75, 3.05) is 30.8 Å². The van der Waals surface area contributed by atoms with Crippen LogP contribution < -0.4 is 20.1 Å². The lowest BCUT2D eigenvalue weighted by atomic mass is 10.2. The van der Waals surface area contributed by atoms with Crippen LogP contribution in [0.25, 0.3) is 11.0 Å². The topological polar surface area (TPSA) is 152 Å². The number of fused-ring (bicyclic) bond motifs is 1. The minimum Gasteiger partial charge on any atom is -0.497 e. The SMILES string of the molecule is CCC(=O)N1CC[C@@H](Nc2nn(Cc3ccc(OC)cc3)c3nccc(Oc4ccc(C(=O)Nc5nnc(C)[nH]5)cc4)c23)C1. The highest BCUT2D eigenvalue weighted by Crippen LogP contribution is 2.35. The number of nitrogens with one attached hydrogen (secondary N) is 3. The molecule has 0 aliphatic carbocycles.